The fourth-order valence-corrected chi connectivity index (χ4v) is 3.59. The highest BCUT2D eigenvalue weighted by molar-refractivity contribution is 5.94. The first-order valence-corrected chi connectivity index (χ1v) is 10.7. The average Bonchev–Trinajstić information content (AvgIpc) is 2.83. The molecule has 0 aliphatic carbocycles. The maximum Gasteiger partial charge on any atom is 0.256 e. The third kappa shape index (κ3) is 4.98. The van der Waals surface area contributed by atoms with Gasteiger partial charge in [0.2, 0.25) is 5.95 Å². The molecular weight excluding hydrogens is 414 g/mol. The van der Waals surface area contributed by atoms with Crippen molar-refractivity contribution >= 4 is 22.9 Å². The molecule has 0 atom stereocenters. The number of aryl methyl sites for hydroxylation is 1. The molecule has 4 rings (SSSR count). The summed E-state index contributed by atoms with van der Waals surface area (Å²) in [6.45, 7) is 6.62. The van der Waals surface area contributed by atoms with E-state index in [9.17, 15) is 9.59 Å². The van der Waals surface area contributed by atoms with E-state index in [1.165, 1.54) is 16.2 Å². The number of carbonyl (C=O) groups is 1. The SMILES string of the molecule is C=CCNc1nc(C)c2ccc(=O)n(-c3ccc(C(=O)NCCc4ccccc4)cc3)c2n1. The van der Waals surface area contributed by atoms with Gasteiger partial charge in [0.1, 0.15) is 0 Å². The molecule has 2 aromatic carbocycles. The number of pyridine rings is 1. The smallest absolute Gasteiger partial charge is 0.256 e. The van der Waals surface area contributed by atoms with Crippen LogP contribution in [-0.2, 0) is 6.42 Å². The Balaban J connectivity index is 1.57. The average molecular weight is 440 g/mol. The van der Waals surface area contributed by atoms with E-state index in [0.29, 0.717) is 35.9 Å². The van der Waals surface area contributed by atoms with Gasteiger partial charge in [-0.2, -0.15) is 4.98 Å². The number of anilines is 1. The summed E-state index contributed by atoms with van der Waals surface area (Å²) in [6.07, 6.45) is 2.47. The summed E-state index contributed by atoms with van der Waals surface area (Å²) in [5.74, 6) is 0.269. The van der Waals surface area contributed by atoms with Gasteiger partial charge in [0, 0.05) is 30.1 Å². The minimum absolute atomic E-state index is 0.156. The number of amides is 1. The Kier molecular flexibility index (Phi) is 6.59. The molecule has 7 nitrogen and oxygen atoms in total. The van der Waals surface area contributed by atoms with Gasteiger partial charge < -0.3 is 10.6 Å². The molecule has 0 aliphatic rings. The highest BCUT2D eigenvalue weighted by Gasteiger charge is 2.12. The fraction of sp³-hybridized carbons (Fsp3) is 0.154. The zero-order chi connectivity index (χ0) is 23.2. The van der Waals surface area contributed by atoms with Gasteiger partial charge in [-0.1, -0.05) is 36.4 Å². The lowest BCUT2D eigenvalue weighted by atomic mass is 10.1. The van der Waals surface area contributed by atoms with Crippen LogP contribution in [0.2, 0.25) is 0 Å². The lowest BCUT2D eigenvalue weighted by molar-refractivity contribution is 0.0954. The zero-order valence-electron chi connectivity index (χ0n) is 18.4. The third-order valence-corrected chi connectivity index (χ3v) is 5.28. The van der Waals surface area contributed by atoms with Crippen molar-refractivity contribution in [2.75, 3.05) is 18.4 Å². The highest BCUT2D eigenvalue weighted by Crippen LogP contribution is 2.19. The molecule has 7 heteroatoms. The van der Waals surface area contributed by atoms with Crippen LogP contribution in [0.1, 0.15) is 21.6 Å². The Bertz CT molecular complexity index is 1350. The lowest BCUT2D eigenvalue weighted by Gasteiger charge is -2.13. The first-order valence-electron chi connectivity index (χ1n) is 10.7. The van der Waals surface area contributed by atoms with Crippen LogP contribution in [0.15, 0.2) is 84.2 Å². The lowest BCUT2D eigenvalue weighted by Crippen LogP contribution is -2.25. The van der Waals surface area contributed by atoms with Crippen molar-refractivity contribution < 1.29 is 4.79 Å². The summed E-state index contributed by atoms with van der Waals surface area (Å²) >= 11 is 0. The standard InChI is InChI=1S/C26H25N5O2/c1-3-16-28-26-29-18(2)22-13-14-23(32)31(24(22)30-26)21-11-9-20(10-12-21)25(33)27-17-15-19-7-5-4-6-8-19/h3-14H,1,15-17H2,2H3,(H,27,33)(H,28,29,30). The van der Waals surface area contributed by atoms with Crippen LogP contribution in [0.25, 0.3) is 16.7 Å². The van der Waals surface area contributed by atoms with Crippen molar-refractivity contribution in [3.63, 3.8) is 0 Å². The highest BCUT2D eigenvalue weighted by atomic mass is 16.1. The van der Waals surface area contributed by atoms with Gasteiger partial charge in [0.15, 0.2) is 5.65 Å². The summed E-state index contributed by atoms with van der Waals surface area (Å²) in [4.78, 5) is 34.3. The molecule has 2 aromatic heterocycles. The van der Waals surface area contributed by atoms with E-state index in [-0.39, 0.29) is 11.5 Å². The number of benzene rings is 2. The summed E-state index contributed by atoms with van der Waals surface area (Å²) in [7, 11) is 0. The third-order valence-electron chi connectivity index (χ3n) is 5.28. The zero-order valence-corrected chi connectivity index (χ0v) is 18.4. The second kappa shape index (κ2) is 9.91. The number of aromatic nitrogens is 3. The molecule has 0 aliphatic heterocycles. The summed E-state index contributed by atoms with van der Waals surface area (Å²) < 4.78 is 1.53. The first-order chi connectivity index (χ1) is 16.1. The second-order valence-corrected chi connectivity index (χ2v) is 7.58. The number of hydrogen-bond acceptors (Lipinski definition) is 5. The molecule has 2 N–H and O–H groups in total. The van der Waals surface area contributed by atoms with Crippen LogP contribution in [0, 0.1) is 6.92 Å². The predicted molar refractivity (Wildman–Crippen MR) is 131 cm³/mol. The van der Waals surface area contributed by atoms with E-state index < -0.39 is 0 Å². The Hall–Kier alpha value is -4.26. The number of rotatable bonds is 8. The van der Waals surface area contributed by atoms with Gasteiger partial charge in [0.05, 0.1) is 11.4 Å². The Morgan fingerprint density at radius 1 is 1.03 bits per heavy atom. The quantitative estimate of drug-likeness (QED) is 0.409. The van der Waals surface area contributed by atoms with Crippen LogP contribution in [-0.4, -0.2) is 33.5 Å². The Morgan fingerprint density at radius 2 is 1.79 bits per heavy atom. The molecule has 2 heterocycles. The molecule has 4 aromatic rings. The van der Waals surface area contributed by atoms with E-state index in [2.05, 4.69) is 27.2 Å². The van der Waals surface area contributed by atoms with Crippen LogP contribution in [0.4, 0.5) is 5.95 Å². The van der Waals surface area contributed by atoms with E-state index in [1.54, 1.807) is 36.4 Å². The topological polar surface area (TPSA) is 88.9 Å². The molecule has 0 saturated carbocycles. The molecule has 0 bridgehead atoms. The van der Waals surface area contributed by atoms with Crippen LogP contribution in [0.3, 0.4) is 0 Å². The van der Waals surface area contributed by atoms with Crippen molar-refractivity contribution in [2.45, 2.75) is 13.3 Å². The van der Waals surface area contributed by atoms with E-state index in [4.69, 9.17) is 0 Å². The molecule has 166 valence electrons. The predicted octanol–water partition coefficient (Wildman–Crippen LogP) is 3.66. The number of fused-ring (bicyclic) bond motifs is 1. The van der Waals surface area contributed by atoms with E-state index in [1.807, 2.05) is 37.3 Å². The Morgan fingerprint density at radius 3 is 2.52 bits per heavy atom. The van der Waals surface area contributed by atoms with E-state index in [0.717, 1.165) is 17.5 Å². The fourth-order valence-electron chi connectivity index (χ4n) is 3.59. The van der Waals surface area contributed by atoms with Crippen molar-refractivity contribution in [3.05, 3.63) is 107 Å². The summed E-state index contributed by atoms with van der Waals surface area (Å²) in [5.41, 5.74) is 3.37. The maximum absolute atomic E-state index is 12.8. The molecule has 1 amide bonds. The van der Waals surface area contributed by atoms with Crippen molar-refractivity contribution in [3.8, 4) is 5.69 Å². The largest absolute Gasteiger partial charge is 0.352 e. The van der Waals surface area contributed by atoms with Crippen LogP contribution in [0.5, 0.6) is 0 Å². The normalized spacial score (nSPS) is 10.7. The number of hydrogen-bond donors (Lipinski definition) is 2. The van der Waals surface area contributed by atoms with Gasteiger partial charge in [-0.15, -0.1) is 6.58 Å². The Labute approximate surface area is 191 Å². The molecule has 0 saturated heterocycles. The minimum atomic E-state index is -0.213. The molecular formula is C26H25N5O2. The van der Waals surface area contributed by atoms with E-state index >= 15 is 0 Å². The van der Waals surface area contributed by atoms with Gasteiger partial charge in [-0.3, -0.25) is 14.2 Å². The molecule has 0 spiro atoms. The number of carbonyl (C=O) groups excluding carboxylic acids is 1. The molecule has 0 radical (unpaired) electrons. The van der Waals surface area contributed by atoms with Crippen molar-refractivity contribution in [2.24, 2.45) is 0 Å². The number of nitrogens with one attached hydrogen (secondary N) is 2. The molecule has 0 unspecified atom stereocenters. The molecule has 0 fully saturated rings. The summed E-state index contributed by atoms with van der Waals surface area (Å²) in [6, 6.07) is 20.2. The maximum atomic E-state index is 12.8. The van der Waals surface area contributed by atoms with Crippen LogP contribution >= 0.6 is 0 Å². The van der Waals surface area contributed by atoms with Crippen molar-refractivity contribution in [1.82, 2.24) is 19.9 Å². The van der Waals surface area contributed by atoms with Gasteiger partial charge in [0.25, 0.3) is 11.5 Å². The minimum Gasteiger partial charge on any atom is -0.352 e. The monoisotopic (exact) mass is 439 g/mol. The van der Waals surface area contributed by atoms with Gasteiger partial charge >= 0.3 is 0 Å². The summed E-state index contributed by atoms with van der Waals surface area (Å²) in [5, 5.41) is 6.79. The van der Waals surface area contributed by atoms with Crippen LogP contribution < -0.4 is 16.2 Å². The van der Waals surface area contributed by atoms with Crippen molar-refractivity contribution in [1.29, 1.82) is 0 Å². The van der Waals surface area contributed by atoms with Gasteiger partial charge in [-0.25, -0.2) is 4.98 Å². The molecule has 33 heavy (non-hydrogen) atoms. The second-order valence-electron chi connectivity index (χ2n) is 7.58. The number of nitrogens with zero attached hydrogens (tertiary/aromatic N) is 3. The van der Waals surface area contributed by atoms with Gasteiger partial charge in [-0.05, 0) is 49.2 Å². The first kappa shape index (κ1) is 22.0.